The van der Waals surface area contributed by atoms with Crippen LogP contribution >= 0.6 is 0 Å². The van der Waals surface area contributed by atoms with Gasteiger partial charge in [-0.1, -0.05) is 20.8 Å². The predicted octanol–water partition coefficient (Wildman–Crippen LogP) is 3.03. The van der Waals surface area contributed by atoms with E-state index in [0.717, 1.165) is 31.6 Å². The lowest BCUT2D eigenvalue weighted by molar-refractivity contribution is 0.127. The molecule has 1 N–H and O–H groups in total. The smallest absolute Gasteiger partial charge is 0.154 e. The van der Waals surface area contributed by atoms with Crippen LogP contribution in [0.15, 0.2) is 6.20 Å². The highest BCUT2D eigenvalue weighted by Crippen LogP contribution is 2.39. The largest absolute Gasteiger partial charge is 0.374 e. The molecule has 0 saturated carbocycles. The predicted molar refractivity (Wildman–Crippen MR) is 80.5 cm³/mol. The SMILES string of the molecule is CCCNC1CC(C)(C)Cc2nc(COCC)ncc21. The maximum Gasteiger partial charge on any atom is 0.154 e. The molecule has 0 aliphatic heterocycles. The van der Waals surface area contributed by atoms with Crippen molar-refractivity contribution in [3.8, 4) is 0 Å². The summed E-state index contributed by atoms with van der Waals surface area (Å²) in [6.07, 6.45) is 5.32. The number of hydrogen-bond acceptors (Lipinski definition) is 4. The third-order valence-corrected chi connectivity index (χ3v) is 3.80. The fourth-order valence-corrected chi connectivity index (χ4v) is 2.85. The zero-order valence-corrected chi connectivity index (χ0v) is 13.2. The molecule has 20 heavy (non-hydrogen) atoms. The molecule has 112 valence electrons. The van der Waals surface area contributed by atoms with Crippen molar-refractivity contribution in [2.24, 2.45) is 5.41 Å². The summed E-state index contributed by atoms with van der Waals surface area (Å²) in [6, 6.07) is 0.384. The van der Waals surface area contributed by atoms with Crippen LogP contribution in [0, 0.1) is 5.41 Å². The first-order valence-electron chi connectivity index (χ1n) is 7.71. The molecular weight excluding hydrogens is 250 g/mol. The van der Waals surface area contributed by atoms with Gasteiger partial charge >= 0.3 is 0 Å². The second kappa shape index (κ2) is 6.64. The van der Waals surface area contributed by atoms with Crippen molar-refractivity contribution in [3.63, 3.8) is 0 Å². The Morgan fingerprint density at radius 3 is 2.90 bits per heavy atom. The molecule has 0 saturated heterocycles. The summed E-state index contributed by atoms with van der Waals surface area (Å²) < 4.78 is 5.41. The standard InChI is InChI=1S/C16H27N3O/c1-5-7-17-13-8-16(3,4)9-14-12(13)10-18-15(19-14)11-20-6-2/h10,13,17H,5-9,11H2,1-4H3. The maximum absolute atomic E-state index is 5.41. The van der Waals surface area contributed by atoms with Crippen molar-refractivity contribution in [2.75, 3.05) is 13.2 Å². The molecule has 1 heterocycles. The second-order valence-corrected chi connectivity index (χ2v) is 6.38. The molecule has 1 unspecified atom stereocenters. The Morgan fingerprint density at radius 1 is 1.40 bits per heavy atom. The monoisotopic (exact) mass is 277 g/mol. The van der Waals surface area contributed by atoms with E-state index < -0.39 is 0 Å². The van der Waals surface area contributed by atoms with Crippen molar-refractivity contribution in [1.82, 2.24) is 15.3 Å². The molecule has 0 fully saturated rings. The second-order valence-electron chi connectivity index (χ2n) is 6.38. The lowest BCUT2D eigenvalue weighted by Gasteiger charge is -2.36. The molecule has 0 aromatic carbocycles. The zero-order valence-electron chi connectivity index (χ0n) is 13.2. The van der Waals surface area contributed by atoms with Crippen molar-refractivity contribution in [3.05, 3.63) is 23.3 Å². The van der Waals surface area contributed by atoms with E-state index in [9.17, 15) is 0 Å². The van der Waals surface area contributed by atoms with Gasteiger partial charge in [-0.2, -0.15) is 0 Å². The molecule has 1 aliphatic rings. The fraction of sp³-hybridized carbons (Fsp3) is 0.750. The molecule has 1 aromatic rings. The highest BCUT2D eigenvalue weighted by atomic mass is 16.5. The van der Waals surface area contributed by atoms with Gasteiger partial charge in [0.2, 0.25) is 0 Å². The summed E-state index contributed by atoms with van der Waals surface area (Å²) in [5.41, 5.74) is 2.76. The third kappa shape index (κ3) is 3.76. The van der Waals surface area contributed by atoms with E-state index in [1.165, 1.54) is 11.3 Å². The minimum absolute atomic E-state index is 0.287. The first-order valence-corrected chi connectivity index (χ1v) is 7.71. The molecule has 1 aliphatic carbocycles. The molecule has 4 nitrogen and oxygen atoms in total. The highest BCUT2D eigenvalue weighted by molar-refractivity contribution is 5.26. The number of rotatable bonds is 6. The summed E-state index contributed by atoms with van der Waals surface area (Å²) in [4.78, 5) is 9.19. The lowest BCUT2D eigenvalue weighted by atomic mass is 9.74. The van der Waals surface area contributed by atoms with Gasteiger partial charge in [-0.25, -0.2) is 9.97 Å². The van der Waals surface area contributed by atoms with Gasteiger partial charge in [0.1, 0.15) is 6.61 Å². The van der Waals surface area contributed by atoms with Crippen LogP contribution < -0.4 is 5.32 Å². The Labute approximate surface area is 122 Å². The minimum Gasteiger partial charge on any atom is -0.374 e. The van der Waals surface area contributed by atoms with Crippen LogP contribution in [0.5, 0.6) is 0 Å². The van der Waals surface area contributed by atoms with Gasteiger partial charge in [-0.15, -0.1) is 0 Å². The Bertz CT molecular complexity index is 445. The minimum atomic E-state index is 0.287. The molecule has 0 amide bonds. The van der Waals surface area contributed by atoms with E-state index in [-0.39, 0.29) is 5.41 Å². The van der Waals surface area contributed by atoms with E-state index >= 15 is 0 Å². The van der Waals surface area contributed by atoms with Crippen LogP contribution in [0.4, 0.5) is 0 Å². The molecule has 0 radical (unpaired) electrons. The summed E-state index contributed by atoms with van der Waals surface area (Å²) >= 11 is 0. The van der Waals surface area contributed by atoms with E-state index in [1.54, 1.807) is 0 Å². The Kier molecular flexibility index (Phi) is 5.11. The van der Waals surface area contributed by atoms with Crippen LogP contribution in [0.1, 0.15) is 63.7 Å². The fourth-order valence-electron chi connectivity index (χ4n) is 2.85. The third-order valence-electron chi connectivity index (χ3n) is 3.80. The molecule has 4 heteroatoms. The van der Waals surface area contributed by atoms with E-state index in [4.69, 9.17) is 9.72 Å². The quantitative estimate of drug-likeness (QED) is 0.868. The number of fused-ring (bicyclic) bond motifs is 1. The summed E-state index contributed by atoms with van der Waals surface area (Å²) in [6.45, 7) is 11.1. The van der Waals surface area contributed by atoms with Gasteiger partial charge in [0.05, 0.1) is 0 Å². The van der Waals surface area contributed by atoms with Gasteiger partial charge < -0.3 is 10.1 Å². The lowest BCUT2D eigenvalue weighted by Crippen LogP contribution is -2.34. The molecule has 2 rings (SSSR count). The zero-order chi connectivity index (χ0) is 14.6. The van der Waals surface area contributed by atoms with Gasteiger partial charge in [-0.05, 0) is 38.1 Å². The Balaban J connectivity index is 2.22. The maximum atomic E-state index is 5.41. The van der Waals surface area contributed by atoms with E-state index in [2.05, 4.69) is 31.1 Å². The Morgan fingerprint density at radius 2 is 2.20 bits per heavy atom. The van der Waals surface area contributed by atoms with Crippen LogP contribution in [0.3, 0.4) is 0 Å². The van der Waals surface area contributed by atoms with Crippen molar-refractivity contribution in [1.29, 1.82) is 0 Å². The van der Waals surface area contributed by atoms with E-state index in [0.29, 0.717) is 19.3 Å². The number of nitrogens with zero attached hydrogens (tertiary/aromatic N) is 2. The number of nitrogens with one attached hydrogen (secondary N) is 1. The highest BCUT2D eigenvalue weighted by Gasteiger charge is 2.33. The number of hydrogen-bond donors (Lipinski definition) is 1. The van der Waals surface area contributed by atoms with Gasteiger partial charge in [0, 0.05) is 30.1 Å². The molecule has 1 aromatic heterocycles. The van der Waals surface area contributed by atoms with E-state index in [1.807, 2.05) is 13.1 Å². The van der Waals surface area contributed by atoms with Gasteiger partial charge in [0.25, 0.3) is 0 Å². The van der Waals surface area contributed by atoms with Gasteiger partial charge in [-0.3, -0.25) is 0 Å². The Hall–Kier alpha value is -1.00. The first kappa shape index (κ1) is 15.4. The molecule has 0 spiro atoms. The molecule has 1 atom stereocenters. The summed E-state index contributed by atoms with van der Waals surface area (Å²) in [5, 5.41) is 3.63. The van der Waals surface area contributed by atoms with Crippen LogP contribution in [-0.2, 0) is 17.8 Å². The normalized spacial score (nSPS) is 20.7. The number of aromatic nitrogens is 2. The van der Waals surface area contributed by atoms with Gasteiger partial charge in [0.15, 0.2) is 5.82 Å². The van der Waals surface area contributed by atoms with Crippen LogP contribution in [0.25, 0.3) is 0 Å². The molecular formula is C16H27N3O. The topological polar surface area (TPSA) is 47.0 Å². The molecule has 0 bridgehead atoms. The number of ether oxygens (including phenoxy) is 1. The summed E-state index contributed by atoms with van der Waals surface area (Å²) in [7, 11) is 0. The van der Waals surface area contributed by atoms with Crippen molar-refractivity contribution in [2.45, 2.75) is 59.6 Å². The van der Waals surface area contributed by atoms with Crippen molar-refractivity contribution < 1.29 is 4.74 Å². The van der Waals surface area contributed by atoms with Crippen LogP contribution in [-0.4, -0.2) is 23.1 Å². The summed E-state index contributed by atoms with van der Waals surface area (Å²) in [5.74, 6) is 0.803. The average Bonchev–Trinajstić information content (AvgIpc) is 2.40. The van der Waals surface area contributed by atoms with Crippen LogP contribution in [0.2, 0.25) is 0 Å². The first-order chi connectivity index (χ1) is 9.55. The van der Waals surface area contributed by atoms with Crippen molar-refractivity contribution >= 4 is 0 Å². The average molecular weight is 277 g/mol.